The van der Waals surface area contributed by atoms with Crippen LogP contribution in [0.1, 0.15) is 51.3 Å². The van der Waals surface area contributed by atoms with Crippen LogP contribution >= 0.6 is 0 Å². The summed E-state index contributed by atoms with van der Waals surface area (Å²) < 4.78 is 5.79. The summed E-state index contributed by atoms with van der Waals surface area (Å²) in [6.07, 6.45) is 3.72. The SMILES string of the molecule is CC(C)(C)c1ccnc(-c2[c-]ccc3c2C(C)(C)c2ccccc2-3)c1.[Ir].[c-]1cc2oc3ccccc3c2cc1-c1ccccn1. The minimum atomic E-state index is -0.0432. The van der Waals surface area contributed by atoms with Crippen LogP contribution in [0.4, 0.5) is 0 Å². The first-order chi connectivity index (χ1) is 21.2. The maximum atomic E-state index is 5.79. The molecule has 1 aliphatic rings. The van der Waals surface area contributed by atoms with Crippen molar-refractivity contribution in [3.8, 4) is 33.6 Å². The topological polar surface area (TPSA) is 38.9 Å². The molecule has 3 heterocycles. The zero-order valence-electron chi connectivity index (χ0n) is 26.1. The van der Waals surface area contributed by atoms with E-state index in [0.29, 0.717) is 0 Å². The number of furan rings is 1. The maximum absolute atomic E-state index is 5.79. The van der Waals surface area contributed by atoms with Crippen LogP contribution in [0.5, 0.6) is 0 Å². The molecule has 0 fully saturated rings. The fourth-order valence-corrected chi connectivity index (χ4v) is 6.35. The van der Waals surface area contributed by atoms with Crippen molar-refractivity contribution in [3.63, 3.8) is 0 Å². The summed E-state index contributed by atoms with van der Waals surface area (Å²) in [5, 5.41) is 2.23. The van der Waals surface area contributed by atoms with E-state index in [-0.39, 0.29) is 30.9 Å². The van der Waals surface area contributed by atoms with Crippen LogP contribution in [0.15, 0.2) is 120 Å². The largest absolute Gasteiger partial charge is 0.500 e. The summed E-state index contributed by atoms with van der Waals surface area (Å²) >= 11 is 0. The van der Waals surface area contributed by atoms with Crippen LogP contribution in [-0.2, 0) is 30.9 Å². The second-order valence-corrected chi connectivity index (χ2v) is 12.9. The van der Waals surface area contributed by atoms with E-state index in [1.54, 1.807) is 6.20 Å². The zero-order valence-corrected chi connectivity index (χ0v) is 28.5. The van der Waals surface area contributed by atoms with Gasteiger partial charge in [0.15, 0.2) is 0 Å². The van der Waals surface area contributed by atoms with Crippen LogP contribution in [0.25, 0.3) is 55.6 Å². The van der Waals surface area contributed by atoms with E-state index in [2.05, 4.69) is 106 Å². The molecule has 8 rings (SSSR count). The van der Waals surface area contributed by atoms with E-state index in [9.17, 15) is 0 Å². The molecule has 1 radical (unpaired) electrons. The fourth-order valence-electron chi connectivity index (χ4n) is 6.35. The van der Waals surface area contributed by atoms with Gasteiger partial charge in [-0.25, -0.2) is 0 Å². The number of aromatic nitrogens is 2. The smallest absolute Gasteiger partial charge is 0.120 e. The molecule has 3 aromatic heterocycles. The third-order valence-corrected chi connectivity index (χ3v) is 8.65. The van der Waals surface area contributed by atoms with Gasteiger partial charge in [0.25, 0.3) is 0 Å². The summed E-state index contributed by atoms with van der Waals surface area (Å²) in [7, 11) is 0. The van der Waals surface area contributed by atoms with Gasteiger partial charge in [0, 0.05) is 37.9 Å². The fraction of sp³-hybridized carbons (Fsp3) is 0.171. The number of hydrogen-bond acceptors (Lipinski definition) is 3. The van der Waals surface area contributed by atoms with Crippen LogP contribution in [0.2, 0.25) is 0 Å². The molecule has 45 heavy (non-hydrogen) atoms. The van der Waals surface area contributed by atoms with Crippen molar-refractivity contribution in [1.29, 1.82) is 0 Å². The van der Waals surface area contributed by atoms with Crippen LogP contribution in [-0.4, -0.2) is 9.97 Å². The predicted molar refractivity (Wildman–Crippen MR) is 181 cm³/mol. The normalized spacial score (nSPS) is 13.0. The van der Waals surface area contributed by atoms with Crippen molar-refractivity contribution in [1.82, 2.24) is 9.97 Å². The van der Waals surface area contributed by atoms with Gasteiger partial charge in [0.1, 0.15) is 5.58 Å². The molecule has 7 aromatic rings. The van der Waals surface area contributed by atoms with E-state index < -0.39 is 0 Å². The molecule has 0 unspecified atom stereocenters. The average Bonchev–Trinajstić information content (AvgIpc) is 3.53. The average molecular weight is 763 g/mol. The molecule has 4 heteroatoms. The minimum Gasteiger partial charge on any atom is -0.500 e. The molecule has 225 valence electrons. The quantitative estimate of drug-likeness (QED) is 0.165. The van der Waals surface area contributed by atoms with Gasteiger partial charge in [-0.15, -0.1) is 53.1 Å². The van der Waals surface area contributed by atoms with E-state index in [1.165, 1.54) is 27.8 Å². The molecule has 0 bridgehead atoms. The third-order valence-electron chi connectivity index (χ3n) is 8.65. The molecule has 0 spiro atoms. The molecular formula is C41H34IrN2O-2. The van der Waals surface area contributed by atoms with Crippen molar-refractivity contribution in [2.45, 2.75) is 45.4 Å². The molecule has 0 N–H and O–H groups in total. The Bertz CT molecular complexity index is 2140. The maximum Gasteiger partial charge on any atom is 0.120 e. The second kappa shape index (κ2) is 11.9. The van der Waals surface area contributed by atoms with Gasteiger partial charge in [-0.2, -0.15) is 0 Å². The summed E-state index contributed by atoms with van der Waals surface area (Å²) in [4.78, 5) is 9.06. The number of nitrogens with zero attached hydrogens (tertiary/aromatic N) is 2. The van der Waals surface area contributed by atoms with Gasteiger partial charge < -0.3 is 14.4 Å². The first-order valence-corrected chi connectivity index (χ1v) is 15.1. The summed E-state index contributed by atoms with van der Waals surface area (Å²) in [6.45, 7) is 11.3. The standard InChI is InChI=1S/C24H24N.C17H10NO.Ir/c1-23(2,3)16-13-14-25-21(15-16)19-11-8-10-18-17-9-6-7-12-20(17)24(4,5)22(18)19;1-2-7-16-13(5-1)14-11-12(8-9-17(14)19-16)15-6-3-4-10-18-15;/h6-10,12-15H,1-5H3;1-7,9-11H;/q2*-1;. The summed E-state index contributed by atoms with van der Waals surface area (Å²) in [5.74, 6) is 0. The van der Waals surface area contributed by atoms with E-state index in [4.69, 9.17) is 9.40 Å². The van der Waals surface area contributed by atoms with E-state index in [1.807, 2.05) is 54.7 Å². The van der Waals surface area contributed by atoms with Crippen LogP contribution in [0.3, 0.4) is 0 Å². The van der Waals surface area contributed by atoms with Crippen molar-refractivity contribution in [3.05, 3.63) is 144 Å². The number of rotatable bonds is 2. The molecule has 0 amide bonds. The Morgan fingerprint density at radius 3 is 2.24 bits per heavy atom. The predicted octanol–water partition coefficient (Wildman–Crippen LogP) is 10.6. The monoisotopic (exact) mass is 763 g/mol. The Morgan fingerprint density at radius 1 is 0.689 bits per heavy atom. The summed E-state index contributed by atoms with van der Waals surface area (Å²) in [6, 6.07) is 41.9. The summed E-state index contributed by atoms with van der Waals surface area (Å²) in [5.41, 5.74) is 12.6. The van der Waals surface area contributed by atoms with Gasteiger partial charge in [-0.3, -0.25) is 0 Å². The molecule has 0 saturated carbocycles. The molecule has 3 nitrogen and oxygen atoms in total. The van der Waals surface area contributed by atoms with Crippen LogP contribution in [0, 0.1) is 12.1 Å². The van der Waals surface area contributed by atoms with Crippen molar-refractivity contribution in [2.24, 2.45) is 0 Å². The number of hydrogen-bond donors (Lipinski definition) is 0. The van der Waals surface area contributed by atoms with Crippen LogP contribution < -0.4 is 0 Å². The molecule has 0 atom stereocenters. The van der Waals surface area contributed by atoms with Crippen molar-refractivity contribution < 1.29 is 24.5 Å². The van der Waals surface area contributed by atoms with Gasteiger partial charge in [0.05, 0.1) is 5.58 Å². The van der Waals surface area contributed by atoms with Gasteiger partial charge in [-0.1, -0.05) is 106 Å². The van der Waals surface area contributed by atoms with E-state index >= 15 is 0 Å². The van der Waals surface area contributed by atoms with Gasteiger partial charge in [-0.05, 0) is 57.1 Å². The first-order valence-electron chi connectivity index (χ1n) is 15.1. The number of pyridine rings is 2. The third kappa shape index (κ3) is 5.54. The minimum absolute atomic E-state index is 0. The second-order valence-electron chi connectivity index (χ2n) is 12.9. The van der Waals surface area contributed by atoms with Crippen molar-refractivity contribution >= 4 is 21.9 Å². The Morgan fingerprint density at radius 2 is 1.44 bits per heavy atom. The molecular weight excluding hydrogens is 729 g/mol. The number of fused-ring (bicyclic) bond motifs is 6. The van der Waals surface area contributed by atoms with Gasteiger partial charge >= 0.3 is 0 Å². The Hall–Kier alpha value is -4.37. The number of para-hydroxylation sites is 1. The molecule has 4 aromatic carbocycles. The number of benzene rings is 4. The van der Waals surface area contributed by atoms with E-state index in [0.717, 1.165) is 44.5 Å². The molecule has 1 aliphatic carbocycles. The van der Waals surface area contributed by atoms with Gasteiger partial charge in [0.2, 0.25) is 0 Å². The zero-order chi connectivity index (χ0) is 30.5. The first kappa shape index (κ1) is 30.6. The Labute approximate surface area is 278 Å². The molecule has 0 saturated heterocycles. The Kier molecular flexibility index (Phi) is 8.07. The molecule has 0 aliphatic heterocycles. The van der Waals surface area contributed by atoms with Crippen molar-refractivity contribution in [2.75, 3.05) is 0 Å². The Balaban J connectivity index is 0.000000160.